The van der Waals surface area contributed by atoms with Gasteiger partial charge >= 0.3 is 0 Å². The normalized spacial score (nSPS) is 24.0. The van der Waals surface area contributed by atoms with Crippen LogP contribution in [0.4, 0.5) is 0 Å². The van der Waals surface area contributed by atoms with E-state index >= 15 is 0 Å². The average molecular weight is 420 g/mol. The van der Waals surface area contributed by atoms with Gasteiger partial charge in [-0.1, -0.05) is 17.7 Å². The summed E-state index contributed by atoms with van der Waals surface area (Å²) in [5.41, 5.74) is 1.19. The summed E-state index contributed by atoms with van der Waals surface area (Å²) in [6.07, 6.45) is 4.62. The highest BCUT2D eigenvalue weighted by Gasteiger charge is 2.70. The van der Waals surface area contributed by atoms with Crippen molar-refractivity contribution in [2.24, 2.45) is 5.92 Å². The van der Waals surface area contributed by atoms with Gasteiger partial charge in [-0.05, 0) is 67.5 Å². The molecule has 6 nitrogen and oxygen atoms in total. The van der Waals surface area contributed by atoms with Crippen molar-refractivity contribution in [2.45, 2.75) is 43.7 Å². The molecular formula is C20H22ClN3O3S. The number of nitrogens with one attached hydrogen (secondary N) is 1. The Labute approximate surface area is 170 Å². The molecule has 2 atom stereocenters. The van der Waals surface area contributed by atoms with E-state index in [9.17, 15) is 13.2 Å². The topological polar surface area (TPSA) is 79.4 Å². The predicted molar refractivity (Wildman–Crippen MR) is 106 cm³/mol. The number of carbonyl (C=O) groups excluding carboxylic acids is 1. The maximum atomic E-state index is 13.4. The molecule has 2 unspecified atom stereocenters. The lowest BCUT2D eigenvalue weighted by Gasteiger charge is -2.27. The quantitative estimate of drug-likeness (QED) is 0.808. The lowest BCUT2D eigenvalue weighted by molar-refractivity contribution is -0.126. The van der Waals surface area contributed by atoms with Crippen LogP contribution >= 0.6 is 11.6 Å². The molecule has 1 aromatic heterocycles. The van der Waals surface area contributed by atoms with Crippen molar-refractivity contribution in [3.05, 3.63) is 58.4 Å². The monoisotopic (exact) mass is 419 g/mol. The number of benzene rings is 1. The van der Waals surface area contributed by atoms with Crippen LogP contribution in [0.5, 0.6) is 0 Å². The van der Waals surface area contributed by atoms with Gasteiger partial charge in [0.15, 0.2) is 0 Å². The number of pyridine rings is 1. The van der Waals surface area contributed by atoms with Crippen molar-refractivity contribution in [1.29, 1.82) is 0 Å². The van der Waals surface area contributed by atoms with Gasteiger partial charge in [-0.15, -0.1) is 0 Å². The van der Waals surface area contributed by atoms with Crippen molar-refractivity contribution < 1.29 is 13.2 Å². The van der Waals surface area contributed by atoms with Crippen LogP contribution in [-0.2, 0) is 21.4 Å². The highest BCUT2D eigenvalue weighted by atomic mass is 35.5. The number of rotatable bonds is 5. The summed E-state index contributed by atoms with van der Waals surface area (Å²) in [6, 6.07) is 6.94. The number of hydrogen-bond acceptors (Lipinski definition) is 4. The number of fused-ring (bicyclic) bond motifs is 1. The van der Waals surface area contributed by atoms with Gasteiger partial charge in [0.25, 0.3) is 0 Å². The first-order chi connectivity index (χ1) is 13.3. The second-order valence-electron chi connectivity index (χ2n) is 7.60. The minimum atomic E-state index is -3.80. The van der Waals surface area contributed by atoms with E-state index in [-0.39, 0.29) is 16.7 Å². The Morgan fingerprint density at radius 3 is 2.82 bits per heavy atom. The number of amides is 1. The number of halogens is 1. The molecule has 148 valence electrons. The number of aryl methyl sites for hydroxylation is 2. The lowest BCUT2D eigenvalue weighted by Crippen LogP contribution is -2.50. The van der Waals surface area contributed by atoms with Gasteiger partial charge in [0.05, 0.1) is 4.90 Å². The van der Waals surface area contributed by atoms with Crippen molar-refractivity contribution in [3.63, 3.8) is 0 Å². The van der Waals surface area contributed by atoms with Gasteiger partial charge in [0.1, 0.15) is 5.54 Å². The van der Waals surface area contributed by atoms with Crippen LogP contribution in [0, 0.1) is 19.8 Å². The standard InChI is InChI=1S/C20H22ClN3O3S/c1-13-9-18(14(2)8-17(13)21)28(26,27)24-7-5-16-10-20(16,24)19(25)23-12-15-4-3-6-22-11-15/h3-4,6,8-9,11,16H,5,7,10,12H2,1-2H3,(H,23,25). The highest BCUT2D eigenvalue weighted by Crippen LogP contribution is 2.57. The van der Waals surface area contributed by atoms with Gasteiger partial charge in [-0.2, -0.15) is 4.31 Å². The van der Waals surface area contributed by atoms with Crippen LogP contribution in [0.2, 0.25) is 5.02 Å². The summed E-state index contributed by atoms with van der Waals surface area (Å²) in [5.74, 6) is -0.157. The molecule has 2 fully saturated rings. The lowest BCUT2D eigenvalue weighted by atomic mass is 10.2. The third kappa shape index (κ3) is 3.02. The third-order valence-corrected chi connectivity index (χ3v) is 8.28. The number of nitrogens with zero attached hydrogens (tertiary/aromatic N) is 2. The van der Waals surface area contributed by atoms with E-state index in [2.05, 4.69) is 10.3 Å². The smallest absolute Gasteiger partial charge is 0.244 e. The van der Waals surface area contributed by atoms with Crippen LogP contribution in [0.25, 0.3) is 0 Å². The number of piperidine rings is 1. The van der Waals surface area contributed by atoms with Crippen LogP contribution in [0.1, 0.15) is 29.5 Å². The number of carbonyl (C=O) groups is 1. The number of aromatic nitrogens is 1. The highest BCUT2D eigenvalue weighted by molar-refractivity contribution is 7.89. The Morgan fingerprint density at radius 2 is 2.14 bits per heavy atom. The Bertz CT molecular complexity index is 1040. The fraction of sp³-hybridized carbons (Fsp3) is 0.400. The van der Waals surface area contributed by atoms with E-state index in [0.29, 0.717) is 42.1 Å². The first kappa shape index (κ1) is 19.4. The predicted octanol–water partition coefficient (Wildman–Crippen LogP) is 2.82. The molecule has 1 saturated heterocycles. The maximum absolute atomic E-state index is 13.4. The van der Waals surface area contributed by atoms with Gasteiger partial charge in [0.2, 0.25) is 15.9 Å². The van der Waals surface area contributed by atoms with Crippen molar-refractivity contribution in [2.75, 3.05) is 6.54 Å². The van der Waals surface area contributed by atoms with Crippen molar-refractivity contribution in [1.82, 2.24) is 14.6 Å². The fourth-order valence-electron chi connectivity index (χ4n) is 4.15. The molecule has 1 aliphatic carbocycles. The zero-order chi connectivity index (χ0) is 20.1. The second kappa shape index (κ2) is 6.83. The summed E-state index contributed by atoms with van der Waals surface area (Å²) in [5, 5.41) is 3.44. The molecule has 1 saturated carbocycles. The molecule has 2 aromatic rings. The molecule has 4 rings (SSSR count). The molecule has 28 heavy (non-hydrogen) atoms. The fourth-order valence-corrected chi connectivity index (χ4v) is 6.48. The summed E-state index contributed by atoms with van der Waals surface area (Å²) < 4.78 is 28.3. The first-order valence-corrected chi connectivity index (χ1v) is 11.1. The summed E-state index contributed by atoms with van der Waals surface area (Å²) in [4.78, 5) is 17.3. The van der Waals surface area contributed by atoms with Crippen LogP contribution in [-0.4, -0.2) is 35.7 Å². The maximum Gasteiger partial charge on any atom is 0.244 e. The molecule has 1 aromatic carbocycles. The SMILES string of the molecule is Cc1cc(S(=O)(=O)N2CCC3CC32C(=O)NCc2cccnc2)c(C)cc1Cl. The van der Waals surface area contributed by atoms with E-state index in [1.165, 1.54) is 4.31 Å². The molecule has 1 N–H and O–H groups in total. The second-order valence-corrected chi connectivity index (χ2v) is 9.84. The number of hydrogen-bond donors (Lipinski definition) is 1. The largest absolute Gasteiger partial charge is 0.350 e. The minimum absolute atomic E-state index is 0.0740. The van der Waals surface area contributed by atoms with Crippen LogP contribution in [0.3, 0.4) is 0 Å². The minimum Gasteiger partial charge on any atom is -0.350 e. The van der Waals surface area contributed by atoms with E-state index in [1.807, 2.05) is 6.07 Å². The molecule has 8 heteroatoms. The average Bonchev–Trinajstić information content (AvgIpc) is 3.27. The Balaban J connectivity index is 1.61. The molecule has 0 bridgehead atoms. The Kier molecular flexibility index (Phi) is 4.72. The Hall–Kier alpha value is -1.96. The summed E-state index contributed by atoms with van der Waals surface area (Å²) >= 11 is 6.13. The van der Waals surface area contributed by atoms with E-state index < -0.39 is 15.6 Å². The summed E-state index contributed by atoms with van der Waals surface area (Å²) in [7, 11) is -3.80. The van der Waals surface area contributed by atoms with Crippen LogP contribution in [0.15, 0.2) is 41.6 Å². The summed E-state index contributed by atoms with van der Waals surface area (Å²) in [6.45, 7) is 4.19. The first-order valence-electron chi connectivity index (χ1n) is 9.23. The van der Waals surface area contributed by atoms with E-state index in [1.54, 1.807) is 44.4 Å². The van der Waals surface area contributed by atoms with E-state index in [4.69, 9.17) is 11.6 Å². The van der Waals surface area contributed by atoms with Gasteiger partial charge in [0, 0.05) is 30.5 Å². The molecule has 2 aliphatic rings. The third-order valence-electron chi connectivity index (χ3n) is 5.79. The van der Waals surface area contributed by atoms with Crippen molar-refractivity contribution in [3.8, 4) is 0 Å². The van der Waals surface area contributed by atoms with Crippen LogP contribution < -0.4 is 5.32 Å². The van der Waals surface area contributed by atoms with Gasteiger partial charge in [-0.3, -0.25) is 9.78 Å². The zero-order valence-corrected chi connectivity index (χ0v) is 17.3. The molecule has 1 amide bonds. The van der Waals surface area contributed by atoms with Crippen molar-refractivity contribution >= 4 is 27.5 Å². The molecule has 0 radical (unpaired) electrons. The number of sulfonamides is 1. The Morgan fingerprint density at radius 1 is 1.36 bits per heavy atom. The molecular weight excluding hydrogens is 398 g/mol. The van der Waals surface area contributed by atoms with Gasteiger partial charge < -0.3 is 5.32 Å². The van der Waals surface area contributed by atoms with E-state index in [0.717, 1.165) is 5.56 Å². The van der Waals surface area contributed by atoms with Gasteiger partial charge in [-0.25, -0.2) is 8.42 Å². The zero-order valence-electron chi connectivity index (χ0n) is 15.8. The molecule has 0 spiro atoms. The molecule has 1 aliphatic heterocycles. The molecule has 2 heterocycles.